The summed E-state index contributed by atoms with van der Waals surface area (Å²) in [5, 5.41) is 179. The third-order valence-corrected chi connectivity index (χ3v) is 27.4. The van der Waals surface area contributed by atoms with Crippen LogP contribution in [0.3, 0.4) is 0 Å². The van der Waals surface area contributed by atoms with Crippen LogP contribution in [0.4, 0.5) is 0 Å². The van der Waals surface area contributed by atoms with E-state index in [0.717, 1.165) is 14.2 Å². The standard InChI is InChI=1S/C84H143N3O56/c1-28-39(94)75(122-18)125-30(20-89)47(28)132-83-70(120-16)61(115-11)63(65(142-83)73(104)105)141-78-46(101)43(98)49(32(22-91)127-78)134-84-71(121-17)60(114-10)62(64(143-84)72(102)103)140-74-38(86-87-85)55(109-5)50(33(23-92)124-74)136-80-67(117-13)58(112-8)53(36(129-80)26-107-3)138-82-69(119-15)59(113-9)54(37(131-82)27-108-4)139-81-68(118-14)57(111-7)52(35(130-81)25-106-2)137-79-66(116-12)56(110-6)51(34(24-93)128-79)135-77-45(100)42(97)48(31(21-90)126-77)133-76-44(99)41(96)40(95)29(19-88)123-76/h28-71,74-84,88-101H,19-27H2,1-18H3,(H,102,103)(H,104,105)/t28-,29+,30?,31+,32+,33?,34?,35?,36+,37+,38?,39?,40-,41?,42?,43?,44?,45?,46?,47+,48-,49-,50-,51-,52-,53-,54-,55-,56+,57+,58?,59?,60+,61?,62+,63+,64?,65-,66?,67?,68?,69?,70?,71?,74+,75+,76-,77+,78-,79+,80+,81+,82-,83+,84-/m1/s1. The van der Waals surface area contributed by atoms with E-state index < -0.39 is 389 Å². The Hall–Kier alpha value is -3.83. The van der Waals surface area contributed by atoms with Gasteiger partial charge in [0.05, 0.1) is 71.7 Å². The van der Waals surface area contributed by atoms with Crippen LogP contribution in [0, 0.1) is 5.92 Å². The van der Waals surface area contributed by atoms with Gasteiger partial charge in [-0.2, -0.15) is 0 Å². The zero-order chi connectivity index (χ0) is 105. The normalized spacial score (nSPS) is 47.5. The Balaban J connectivity index is 0.752. The maximum atomic E-state index is 13.6. The largest absolute Gasteiger partial charge is 0.479 e. The number of hydrogen-bond acceptors (Lipinski definition) is 55. The zero-order valence-electron chi connectivity index (χ0n) is 81.9. The van der Waals surface area contributed by atoms with Crippen LogP contribution in [-0.4, -0.2) is 606 Å². The van der Waals surface area contributed by atoms with Gasteiger partial charge in [-0.05, 0) is 5.53 Å². The molecule has 59 nitrogen and oxygen atoms in total. The number of aliphatic hydroxyl groups is 14. The topological polar surface area (TPSA) is 757 Å². The van der Waals surface area contributed by atoms with Crippen molar-refractivity contribution in [1.29, 1.82) is 0 Å². The highest BCUT2D eigenvalue weighted by Gasteiger charge is 2.65. The van der Waals surface area contributed by atoms with Gasteiger partial charge < -0.3 is 262 Å². The molecular weight excluding hydrogens is 1950 g/mol. The Labute approximate surface area is 820 Å². The maximum absolute atomic E-state index is 13.6. The summed E-state index contributed by atoms with van der Waals surface area (Å²) in [6, 6.07) is -1.69. The van der Waals surface area contributed by atoms with E-state index in [-0.39, 0.29) is 19.8 Å². The van der Waals surface area contributed by atoms with Crippen molar-refractivity contribution >= 4 is 11.9 Å². The fourth-order valence-corrected chi connectivity index (χ4v) is 20.1. The van der Waals surface area contributed by atoms with E-state index in [0.29, 0.717) is 0 Å². The fourth-order valence-electron chi connectivity index (χ4n) is 20.1. The number of hydrogen-bond donors (Lipinski definition) is 16. The highest BCUT2D eigenvalue weighted by atomic mass is 16.8. The number of carboxylic acids is 2. The van der Waals surface area contributed by atoms with Crippen LogP contribution >= 0.6 is 0 Å². The molecule has 11 aliphatic heterocycles. The van der Waals surface area contributed by atoms with Crippen LogP contribution in [0.15, 0.2) is 5.11 Å². The zero-order valence-corrected chi connectivity index (χ0v) is 81.9. The molecule has 830 valence electrons. The van der Waals surface area contributed by atoms with Crippen molar-refractivity contribution in [3.8, 4) is 0 Å². The van der Waals surface area contributed by atoms with Gasteiger partial charge in [0.1, 0.15) is 238 Å². The third kappa shape index (κ3) is 25.6. The number of ether oxygens (including phenoxy) is 38. The van der Waals surface area contributed by atoms with Crippen LogP contribution < -0.4 is 0 Å². The van der Waals surface area contributed by atoms with Gasteiger partial charge in [0, 0.05) is 132 Å². The molecule has 0 aliphatic carbocycles. The van der Waals surface area contributed by atoms with E-state index in [1.54, 1.807) is 6.92 Å². The number of aliphatic hydroxyl groups excluding tert-OH is 14. The average Bonchev–Trinajstić information content (AvgIpc) is 0.762. The highest BCUT2D eigenvalue weighted by molar-refractivity contribution is 5.74. The monoisotopic (exact) mass is 2090 g/mol. The number of carboxylic acid groups (broad SMARTS) is 2. The summed E-state index contributed by atoms with van der Waals surface area (Å²) in [6.45, 7) is -4.28. The van der Waals surface area contributed by atoms with E-state index in [4.69, 9.17) is 180 Å². The first-order chi connectivity index (χ1) is 68.8. The van der Waals surface area contributed by atoms with E-state index in [2.05, 4.69) is 10.0 Å². The Kier molecular flexibility index (Phi) is 46.5. The molecule has 0 amide bonds. The van der Waals surface area contributed by atoms with Crippen molar-refractivity contribution in [2.75, 3.05) is 180 Å². The second-order valence-corrected chi connectivity index (χ2v) is 35.2. The van der Waals surface area contributed by atoms with Crippen LogP contribution in [-0.2, 0) is 190 Å². The second-order valence-electron chi connectivity index (χ2n) is 35.2. The Morgan fingerprint density at radius 1 is 0.238 bits per heavy atom. The molecule has 0 aromatic carbocycles. The van der Waals surface area contributed by atoms with Crippen molar-refractivity contribution in [3.05, 3.63) is 10.4 Å². The molecule has 11 fully saturated rings. The third-order valence-electron chi connectivity index (χ3n) is 27.4. The van der Waals surface area contributed by atoms with Crippen LogP contribution in [0.1, 0.15) is 6.92 Å². The van der Waals surface area contributed by atoms with Gasteiger partial charge in [-0.25, -0.2) is 9.59 Å². The van der Waals surface area contributed by atoms with Gasteiger partial charge in [0.25, 0.3) is 0 Å². The molecule has 0 saturated carbocycles. The van der Waals surface area contributed by atoms with Crippen LogP contribution in [0.5, 0.6) is 0 Å². The SMILES string of the molecule is COCC1O[C@@H](O[C@H]2C(OC)C(OC)[C@@H](O[C@H]3C(OC)C(OC)[C@H](O[C@@H]4C(CO)O[C@@H](O[C@@H]5C(C(=O)O)O[C@@H](O[C@H]6C(O)C(O)[C@@H](O[C@H]7C(OC)C(OC)[C@@H](O[C@@H]8C(CO)O[C@H](OC)C(O)[C@H]8C)O[C@H]7C(=O)O)O[C@H]6CO)C(OC)[C@H]5OC)C(N=[N+]=[N-])[C@H]4OC)O[C@H]3COC)O[C@H]2COC)C(OC)[C@@H](OC)[C@@H]1O[C@@H]1OC(CO)[C@@H](O[C@@H]2O[C@@H](CO)[C@@H](O[C@H]3O[C@@H](CO)[C@@H](O)C(O)C3O)C(O)C2O)[C@H](OC)C1OC. The molecular formula is C84H143N3O56. The predicted molar refractivity (Wildman–Crippen MR) is 455 cm³/mol. The molecule has 11 aliphatic rings. The summed E-state index contributed by atoms with van der Waals surface area (Å²) in [7, 11) is 21.9. The summed E-state index contributed by atoms with van der Waals surface area (Å²) in [6.07, 6.45) is -82.7. The lowest BCUT2D eigenvalue weighted by molar-refractivity contribution is -0.403. The maximum Gasteiger partial charge on any atom is 0.335 e. The summed E-state index contributed by atoms with van der Waals surface area (Å²) < 4.78 is 233. The lowest BCUT2D eigenvalue weighted by atomic mass is 9.90. The number of rotatable bonds is 49. The van der Waals surface area contributed by atoms with Crippen molar-refractivity contribution in [2.45, 2.75) is 339 Å². The molecule has 0 aromatic rings. The molecule has 143 heavy (non-hydrogen) atoms. The van der Waals surface area contributed by atoms with Crippen molar-refractivity contribution in [3.63, 3.8) is 0 Å². The molecule has 55 atom stereocenters. The van der Waals surface area contributed by atoms with Crippen molar-refractivity contribution in [2.24, 2.45) is 11.0 Å². The van der Waals surface area contributed by atoms with E-state index in [1.165, 1.54) is 107 Å². The van der Waals surface area contributed by atoms with Gasteiger partial charge in [-0.15, -0.1) is 0 Å². The van der Waals surface area contributed by atoms with Gasteiger partial charge in [0.15, 0.2) is 81.4 Å². The lowest BCUT2D eigenvalue weighted by Crippen LogP contribution is -2.69. The molecule has 0 spiro atoms. The summed E-state index contributed by atoms with van der Waals surface area (Å²) >= 11 is 0. The molecule has 0 bridgehead atoms. The second kappa shape index (κ2) is 55.6. The van der Waals surface area contributed by atoms with Gasteiger partial charge in [-0.3, -0.25) is 0 Å². The first-order valence-electron chi connectivity index (χ1n) is 46.0. The molecule has 0 radical (unpaired) electrons. The van der Waals surface area contributed by atoms with E-state index in [1.807, 2.05) is 0 Å². The fraction of sp³-hybridized carbons (Fsp3) is 0.976. The minimum atomic E-state index is -2.21. The van der Waals surface area contributed by atoms with E-state index >= 15 is 0 Å². The summed E-state index contributed by atoms with van der Waals surface area (Å²) in [5.41, 5.74) is 10.3. The molecule has 59 heteroatoms. The first-order valence-corrected chi connectivity index (χ1v) is 46.0. The summed E-state index contributed by atoms with van der Waals surface area (Å²) in [4.78, 5) is 29.8. The molecule has 22 unspecified atom stereocenters. The smallest absolute Gasteiger partial charge is 0.335 e. The first kappa shape index (κ1) is 119. The summed E-state index contributed by atoms with van der Waals surface area (Å²) in [5.74, 6) is -4.23. The Morgan fingerprint density at radius 3 is 0.783 bits per heavy atom. The lowest BCUT2D eigenvalue weighted by Gasteiger charge is -2.52. The van der Waals surface area contributed by atoms with Crippen LogP contribution in [0.2, 0.25) is 0 Å². The quantitative estimate of drug-likeness (QED) is 0.0153. The number of azide groups is 1. The molecule has 11 heterocycles. The predicted octanol–water partition coefficient (Wildman–Crippen LogP) is -11.1. The number of aliphatic carboxylic acids is 2. The molecule has 11 saturated heterocycles. The Bertz CT molecular complexity index is 3780. The Morgan fingerprint density at radius 2 is 0.469 bits per heavy atom. The van der Waals surface area contributed by atoms with Crippen LogP contribution in [0.25, 0.3) is 10.4 Å². The number of carbonyl (C=O) groups is 2. The molecule has 11 rings (SSSR count). The minimum Gasteiger partial charge on any atom is -0.479 e. The van der Waals surface area contributed by atoms with Gasteiger partial charge in [-0.1, -0.05) is 12.0 Å². The number of nitrogens with zero attached hydrogens (tertiary/aromatic N) is 3. The average molecular weight is 2090 g/mol. The number of methoxy groups -OCH3 is 17. The van der Waals surface area contributed by atoms with E-state index in [9.17, 15) is 96.8 Å². The highest BCUT2D eigenvalue weighted by Crippen LogP contribution is 2.46. The van der Waals surface area contributed by atoms with Crippen molar-refractivity contribution in [1.82, 2.24) is 0 Å². The minimum absolute atomic E-state index is 0.223. The van der Waals surface area contributed by atoms with Crippen molar-refractivity contribution < 1.29 is 271 Å². The van der Waals surface area contributed by atoms with Gasteiger partial charge in [0.2, 0.25) is 0 Å². The molecule has 16 N–H and O–H groups in total. The van der Waals surface area contributed by atoms with Gasteiger partial charge >= 0.3 is 11.9 Å². The molecule has 0 aromatic heterocycles.